The first-order valence-corrected chi connectivity index (χ1v) is 12.7. The number of nitrogen functional groups attached to an aromatic ring is 1. The number of hydrogen-bond acceptors (Lipinski definition) is 7. The van der Waals surface area contributed by atoms with Crippen LogP contribution in [0.2, 0.25) is 0 Å². The third kappa shape index (κ3) is 5.29. The molecule has 1 aliphatic rings. The van der Waals surface area contributed by atoms with E-state index in [1.54, 1.807) is 11.8 Å². The molecule has 0 saturated carbocycles. The number of ether oxygens (including phenoxy) is 1. The van der Waals surface area contributed by atoms with Crippen molar-refractivity contribution in [1.29, 1.82) is 0 Å². The monoisotopic (exact) mass is 495 g/mol. The Morgan fingerprint density at radius 2 is 2.00 bits per heavy atom. The van der Waals surface area contributed by atoms with E-state index in [1.807, 2.05) is 46.0 Å². The van der Waals surface area contributed by atoms with Gasteiger partial charge in [-0.3, -0.25) is 4.79 Å². The van der Waals surface area contributed by atoms with Crippen LogP contribution in [0.15, 0.2) is 29.6 Å². The Balaban J connectivity index is 1.71. The number of carbonyl (C=O) groups excluding carboxylic acids is 2. The SMILES string of the molecule is Cc1cn(-c2ccc3c(N)ncnc3c2SCCNC(=O)OC(C)(C)C)c2c1C(=O)CC(C)(C)C2. The zero-order valence-electron chi connectivity index (χ0n) is 21.2. The molecular weight excluding hydrogens is 462 g/mol. The molecule has 2 aromatic heterocycles. The van der Waals surface area contributed by atoms with Gasteiger partial charge in [-0.25, -0.2) is 14.8 Å². The largest absolute Gasteiger partial charge is 0.444 e. The van der Waals surface area contributed by atoms with Gasteiger partial charge in [0.2, 0.25) is 0 Å². The summed E-state index contributed by atoms with van der Waals surface area (Å²) in [5.41, 5.74) is 10.0. The van der Waals surface area contributed by atoms with E-state index in [-0.39, 0.29) is 11.2 Å². The second-order valence-corrected chi connectivity index (χ2v) is 11.9. The third-order valence-corrected chi connectivity index (χ3v) is 7.01. The Kier molecular flexibility index (Phi) is 6.57. The molecule has 9 heteroatoms. The summed E-state index contributed by atoms with van der Waals surface area (Å²) in [7, 11) is 0. The van der Waals surface area contributed by atoms with Crippen molar-refractivity contribution in [3.63, 3.8) is 0 Å². The van der Waals surface area contributed by atoms with Crippen LogP contribution < -0.4 is 11.1 Å². The number of thioether (sulfide) groups is 1. The molecule has 3 N–H and O–H groups in total. The summed E-state index contributed by atoms with van der Waals surface area (Å²) in [6, 6.07) is 3.94. The molecule has 186 valence electrons. The molecule has 3 aromatic rings. The Hall–Kier alpha value is -3.07. The first-order chi connectivity index (χ1) is 16.4. The lowest BCUT2D eigenvalue weighted by Crippen LogP contribution is -2.33. The molecule has 0 unspecified atom stereocenters. The number of aryl methyl sites for hydroxylation is 1. The summed E-state index contributed by atoms with van der Waals surface area (Å²) >= 11 is 1.58. The number of rotatable bonds is 5. The van der Waals surface area contributed by atoms with E-state index in [1.165, 1.54) is 6.33 Å². The van der Waals surface area contributed by atoms with Gasteiger partial charge in [-0.15, -0.1) is 11.8 Å². The molecule has 1 aliphatic carbocycles. The number of benzene rings is 1. The quantitative estimate of drug-likeness (QED) is 0.375. The molecule has 2 heterocycles. The topological polar surface area (TPSA) is 112 Å². The van der Waals surface area contributed by atoms with Crippen LogP contribution in [0.3, 0.4) is 0 Å². The van der Waals surface area contributed by atoms with Gasteiger partial charge in [-0.2, -0.15) is 0 Å². The highest BCUT2D eigenvalue weighted by atomic mass is 32.2. The van der Waals surface area contributed by atoms with Crippen LogP contribution in [0.1, 0.15) is 62.7 Å². The van der Waals surface area contributed by atoms with Gasteiger partial charge in [-0.1, -0.05) is 13.8 Å². The predicted molar refractivity (Wildman–Crippen MR) is 139 cm³/mol. The van der Waals surface area contributed by atoms with Crippen molar-refractivity contribution >= 4 is 40.4 Å². The van der Waals surface area contributed by atoms with Crippen molar-refractivity contribution in [2.24, 2.45) is 5.41 Å². The maximum atomic E-state index is 13.0. The molecule has 0 fully saturated rings. The predicted octanol–water partition coefficient (Wildman–Crippen LogP) is 5.08. The molecular formula is C26H33N5O3S. The molecule has 35 heavy (non-hydrogen) atoms. The molecule has 1 amide bonds. The average Bonchev–Trinajstić information content (AvgIpc) is 3.05. The van der Waals surface area contributed by atoms with Gasteiger partial charge in [0.15, 0.2) is 5.78 Å². The maximum Gasteiger partial charge on any atom is 0.407 e. The number of nitrogens with two attached hydrogens (primary N) is 1. The van der Waals surface area contributed by atoms with E-state index >= 15 is 0 Å². The standard InChI is InChI=1S/C26H33N5O3S/c1-15-13-31(18-11-26(5,6)12-19(32)20(15)18)17-8-7-16-21(29-14-30-23(16)27)22(17)35-10-9-28-24(33)34-25(2,3)4/h7-8,13-14H,9-12H2,1-6H3,(H,28,33)(H2,27,29,30). The number of nitrogens with one attached hydrogen (secondary N) is 1. The van der Waals surface area contributed by atoms with Crippen molar-refractivity contribution in [2.45, 2.75) is 64.9 Å². The van der Waals surface area contributed by atoms with Crippen LogP contribution in [0.25, 0.3) is 16.6 Å². The summed E-state index contributed by atoms with van der Waals surface area (Å²) in [6.07, 6.45) is 4.41. The lowest BCUT2D eigenvalue weighted by Gasteiger charge is -2.30. The van der Waals surface area contributed by atoms with Crippen LogP contribution in [0, 0.1) is 12.3 Å². The van der Waals surface area contributed by atoms with Crippen molar-refractivity contribution in [3.05, 3.63) is 41.5 Å². The lowest BCUT2D eigenvalue weighted by atomic mass is 9.75. The number of ketones is 1. The summed E-state index contributed by atoms with van der Waals surface area (Å²) in [5, 5.41) is 3.58. The Morgan fingerprint density at radius 3 is 2.71 bits per heavy atom. The fraction of sp³-hybridized carbons (Fsp3) is 0.462. The highest BCUT2D eigenvalue weighted by Gasteiger charge is 2.35. The lowest BCUT2D eigenvalue weighted by molar-refractivity contribution is 0.0531. The summed E-state index contributed by atoms with van der Waals surface area (Å²) in [4.78, 5) is 34.6. The van der Waals surface area contributed by atoms with Gasteiger partial charge < -0.3 is 20.4 Å². The molecule has 0 spiro atoms. The van der Waals surface area contributed by atoms with Crippen LogP contribution in [0.4, 0.5) is 10.6 Å². The van der Waals surface area contributed by atoms with Gasteiger partial charge in [0, 0.05) is 41.6 Å². The Bertz CT molecular complexity index is 1310. The fourth-order valence-electron chi connectivity index (χ4n) is 4.56. The van der Waals surface area contributed by atoms with E-state index in [2.05, 4.69) is 33.7 Å². The number of alkyl carbamates (subject to hydrolysis) is 1. The number of amides is 1. The second kappa shape index (κ2) is 9.18. The highest BCUT2D eigenvalue weighted by Crippen LogP contribution is 2.41. The van der Waals surface area contributed by atoms with E-state index in [0.29, 0.717) is 24.5 Å². The normalized spacial score (nSPS) is 15.2. The van der Waals surface area contributed by atoms with Crippen molar-refractivity contribution in [2.75, 3.05) is 18.0 Å². The van der Waals surface area contributed by atoms with E-state index in [0.717, 1.165) is 44.7 Å². The maximum absolute atomic E-state index is 13.0. The molecule has 0 aliphatic heterocycles. The number of nitrogens with zero attached hydrogens (tertiary/aromatic N) is 3. The number of hydrogen-bond donors (Lipinski definition) is 2. The van der Waals surface area contributed by atoms with Gasteiger partial charge in [0.1, 0.15) is 17.7 Å². The highest BCUT2D eigenvalue weighted by molar-refractivity contribution is 7.99. The van der Waals surface area contributed by atoms with Crippen LogP contribution in [-0.2, 0) is 11.2 Å². The minimum absolute atomic E-state index is 0.110. The summed E-state index contributed by atoms with van der Waals surface area (Å²) in [6.45, 7) is 12.2. The number of carbonyl (C=O) groups is 2. The number of anilines is 1. The number of Topliss-reactive ketones (excluding diaryl/α,β-unsaturated/α-hetero) is 1. The Labute approximate surface area is 210 Å². The summed E-state index contributed by atoms with van der Waals surface area (Å²) < 4.78 is 7.46. The molecule has 0 bridgehead atoms. The Morgan fingerprint density at radius 1 is 1.26 bits per heavy atom. The van der Waals surface area contributed by atoms with E-state index in [4.69, 9.17) is 10.5 Å². The smallest absolute Gasteiger partial charge is 0.407 e. The first kappa shape index (κ1) is 25.0. The third-order valence-electron chi connectivity index (χ3n) is 5.91. The zero-order valence-corrected chi connectivity index (χ0v) is 22.0. The van der Waals surface area contributed by atoms with Crippen LogP contribution >= 0.6 is 11.8 Å². The van der Waals surface area contributed by atoms with Crippen LogP contribution in [-0.4, -0.2) is 44.3 Å². The number of aromatic nitrogens is 3. The average molecular weight is 496 g/mol. The van der Waals surface area contributed by atoms with Crippen molar-refractivity contribution < 1.29 is 14.3 Å². The van der Waals surface area contributed by atoms with Gasteiger partial charge in [0.05, 0.1) is 16.1 Å². The molecule has 8 nitrogen and oxygen atoms in total. The molecule has 0 radical (unpaired) electrons. The van der Waals surface area contributed by atoms with Gasteiger partial charge >= 0.3 is 6.09 Å². The first-order valence-electron chi connectivity index (χ1n) is 11.7. The van der Waals surface area contributed by atoms with Gasteiger partial charge in [-0.05, 0) is 57.2 Å². The van der Waals surface area contributed by atoms with Crippen molar-refractivity contribution in [1.82, 2.24) is 19.9 Å². The second-order valence-electron chi connectivity index (χ2n) is 10.8. The van der Waals surface area contributed by atoms with Crippen LogP contribution in [0.5, 0.6) is 0 Å². The molecule has 0 saturated heterocycles. The number of fused-ring (bicyclic) bond motifs is 2. The molecule has 4 rings (SSSR count). The van der Waals surface area contributed by atoms with E-state index in [9.17, 15) is 9.59 Å². The fourth-order valence-corrected chi connectivity index (χ4v) is 5.58. The molecule has 1 aromatic carbocycles. The molecule has 0 atom stereocenters. The minimum atomic E-state index is -0.551. The minimum Gasteiger partial charge on any atom is -0.444 e. The van der Waals surface area contributed by atoms with E-state index < -0.39 is 11.7 Å². The zero-order chi connectivity index (χ0) is 25.5. The van der Waals surface area contributed by atoms with Gasteiger partial charge in [0.25, 0.3) is 0 Å². The summed E-state index contributed by atoms with van der Waals surface area (Å²) in [5.74, 6) is 1.20. The van der Waals surface area contributed by atoms with Crippen molar-refractivity contribution in [3.8, 4) is 5.69 Å².